The smallest absolute Gasteiger partial charge is 0.308 e. The number of fused-ring (bicyclic) bond motifs is 8. The van der Waals surface area contributed by atoms with Gasteiger partial charge in [-0.25, -0.2) is 0 Å². The number of esters is 1. The predicted octanol–water partition coefficient (Wildman–Crippen LogP) is 2.38. The van der Waals surface area contributed by atoms with Crippen molar-refractivity contribution in [2.45, 2.75) is 207 Å². The molecule has 0 radical (unpaired) electrons. The molecule has 0 aromatic rings. The van der Waals surface area contributed by atoms with Crippen LogP contribution < -0.4 is 0 Å². The molecule has 0 saturated carbocycles. The number of ether oxygens (including phenoxy) is 8. The zero-order valence-corrected chi connectivity index (χ0v) is 32.7. The van der Waals surface area contributed by atoms with Gasteiger partial charge in [-0.05, 0) is 68.4 Å². The van der Waals surface area contributed by atoms with Crippen molar-refractivity contribution in [2.24, 2.45) is 11.8 Å². The average molecular weight is 791 g/mol. The van der Waals surface area contributed by atoms with Gasteiger partial charge in [-0.1, -0.05) is 27.0 Å². The lowest BCUT2D eigenvalue weighted by atomic mass is 9.79. The van der Waals surface area contributed by atoms with Gasteiger partial charge < -0.3 is 58.3 Å². The van der Waals surface area contributed by atoms with Crippen molar-refractivity contribution in [1.29, 1.82) is 0 Å². The van der Waals surface area contributed by atoms with Gasteiger partial charge in [0.1, 0.15) is 42.4 Å². The zero-order chi connectivity index (χ0) is 39.4. The Kier molecular flexibility index (Phi) is 12.5. The molecule has 8 saturated heterocycles. The largest absolute Gasteiger partial charge is 0.459 e. The van der Waals surface area contributed by atoms with E-state index in [-0.39, 0.29) is 74.3 Å². The normalized spacial score (nSPS) is 50.5. The lowest BCUT2D eigenvalue weighted by Gasteiger charge is -2.51. The molecule has 0 amide bonds. The van der Waals surface area contributed by atoms with E-state index in [2.05, 4.69) is 20.1 Å². The summed E-state index contributed by atoms with van der Waals surface area (Å²) in [6.45, 7) is 12.7. The summed E-state index contributed by atoms with van der Waals surface area (Å²) in [5, 5.41) is 43.2. The minimum Gasteiger partial charge on any atom is -0.459 e. The molecule has 56 heavy (non-hydrogen) atoms. The number of carbonyl (C=O) groups is 2. The minimum absolute atomic E-state index is 0.00469. The molecule has 314 valence electrons. The van der Waals surface area contributed by atoms with Crippen molar-refractivity contribution in [2.75, 3.05) is 6.61 Å². The van der Waals surface area contributed by atoms with Crippen molar-refractivity contribution < 1.29 is 67.9 Å². The first-order chi connectivity index (χ1) is 26.9. The number of ketones is 1. The van der Waals surface area contributed by atoms with Crippen LogP contribution in [0.15, 0.2) is 24.3 Å². The van der Waals surface area contributed by atoms with Crippen molar-refractivity contribution in [3.8, 4) is 0 Å². The lowest BCUT2D eigenvalue weighted by Crippen LogP contribution is -2.62. The molecule has 8 aliphatic heterocycles. The van der Waals surface area contributed by atoms with Crippen LogP contribution in [0.3, 0.4) is 0 Å². The number of carbonyl (C=O) groups excluding carboxylic acids is 2. The van der Waals surface area contributed by atoms with Gasteiger partial charge in [0, 0.05) is 38.2 Å². The molecule has 20 atom stereocenters. The van der Waals surface area contributed by atoms with Crippen LogP contribution >= 0.6 is 0 Å². The lowest BCUT2D eigenvalue weighted by molar-refractivity contribution is -0.275. The molecule has 8 aliphatic rings. The Labute approximate surface area is 329 Å². The molecule has 0 aromatic carbocycles. The SMILES string of the molecule is C=C1C(C)CC2CC[C@@H]3OC(CCC(=O)CC4OC5C(O)[C@H]6OC(CCC6O[C@H]5[C@H]4O)CC(=O)OC4C(CC1O2)O[C@H]1CC(O)C(CCO)O[C@H]1[C@@H]4C)CC3=C. The Morgan fingerprint density at radius 1 is 0.625 bits per heavy atom. The van der Waals surface area contributed by atoms with Gasteiger partial charge in [0.2, 0.25) is 0 Å². The van der Waals surface area contributed by atoms with E-state index < -0.39 is 91.4 Å². The van der Waals surface area contributed by atoms with E-state index in [1.54, 1.807) is 0 Å². The summed E-state index contributed by atoms with van der Waals surface area (Å²) in [6, 6.07) is 0. The second kappa shape index (κ2) is 17.0. The van der Waals surface area contributed by atoms with Gasteiger partial charge in [0.05, 0.1) is 79.7 Å². The Hall–Kier alpha value is -1.82. The quantitative estimate of drug-likeness (QED) is 0.236. The van der Waals surface area contributed by atoms with E-state index in [4.69, 9.17) is 37.9 Å². The molecule has 13 unspecified atom stereocenters. The fourth-order valence-electron chi connectivity index (χ4n) is 10.8. The van der Waals surface area contributed by atoms with Crippen LogP contribution in [0.4, 0.5) is 0 Å². The summed E-state index contributed by atoms with van der Waals surface area (Å²) in [6.07, 6.45) is -5.21. The maximum absolute atomic E-state index is 13.9. The first kappa shape index (κ1) is 40.9. The highest BCUT2D eigenvalue weighted by Gasteiger charge is 2.57. The third-order valence-electron chi connectivity index (χ3n) is 14.0. The number of aliphatic hydroxyl groups is 4. The number of rotatable bonds is 2. The maximum Gasteiger partial charge on any atom is 0.308 e. The van der Waals surface area contributed by atoms with Crippen LogP contribution in [0.25, 0.3) is 0 Å². The zero-order valence-electron chi connectivity index (χ0n) is 32.7. The first-order valence-electron chi connectivity index (χ1n) is 21.2. The number of hydrogen-bond donors (Lipinski definition) is 4. The van der Waals surface area contributed by atoms with Crippen molar-refractivity contribution in [1.82, 2.24) is 0 Å². The van der Waals surface area contributed by atoms with E-state index >= 15 is 0 Å². The van der Waals surface area contributed by atoms with Crippen LogP contribution in [-0.4, -0.2) is 149 Å². The Morgan fingerprint density at radius 2 is 1.34 bits per heavy atom. The third kappa shape index (κ3) is 8.32. The molecule has 0 aromatic heterocycles. The summed E-state index contributed by atoms with van der Waals surface area (Å²) in [4.78, 5) is 27.0. The van der Waals surface area contributed by atoms with Crippen molar-refractivity contribution in [3.05, 3.63) is 24.3 Å². The summed E-state index contributed by atoms with van der Waals surface area (Å²) < 4.78 is 51.3. The highest BCUT2D eigenvalue weighted by Crippen LogP contribution is 2.44. The number of aliphatic hydroxyl groups excluding tert-OH is 4. The molecule has 8 bridgehead atoms. The Morgan fingerprint density at radius 3 is 2.14 bits per heavy atom. The second-order valence-corrected chi connectivity index (χ2v) is 17.9. The maximum atomic E-state index is 13.9. The summed E-state index contributed by atoms with van der Waals surface area (Å²) in [5.41, 5.74) is 1.97. The van der Waals surface area contributed by atoms with Crippen LogP contribution in [0.2, 0.25) is 0 Å². The van der Waals surface area contributed by atoms with Crippen molar-refractivity contribution >= 4 is 11.8 Å². The second-order valence-electron chi connectivity index (χ2n) is 17.9. The Balaban J connectivity index is 1.03. The third-order valence-corrected chi connectivity index (χ3v) is 14.0. The number of hydrogen-bond acceptors (Lipinski definition) is 14. The summed E-state index contributed by atoms with van der Waals surface area (Å²) in [5.74, 6) is -0.665. The first-order valence-corrected chi connectivity index (χ1v) is 21.2. The predicted molar refractivity (Wildman–Crippen MR) is 197 cm³/mol. The van der Waals surface area contributed by atoms with Crippen LogP contribution in [-0.2, 0) is 47.5 Å². The minimum atomic E-state index is -1.13. The Bertz CT molecular complexity index is 1460. The molecular weight excluding hydrogens is 728 g/mol. The van der Waals surface area contributed by atoms with Gasteiger partial charge in [-0.15, -0.1) is 0 Å². The van der Waals surface area contributed by atoms with Gasteiger partial charge in [-0.3, -0.25) is 9.59 Å². The van der Waals surface area contributed by atoms with Gasteiger partial charge in [-0.2, -0.15) is 0 Å². The van der Waals surface area contributed by atoms with E-state index in [0.717, 1.165) is 30.4 Å². The van der Waals surface area contributed by atoms with Crippen LogP contribution in [0.5, 0.6) is 0 Å². The van der Waals surface area contributed by atoms with E-state index in [1.807, 2.05) is 6.92 Å². The number of Topliss-reactive ketones (excluding diaryl/α,β-unsaturated/α-hetero) is 1. The average Bonchev–Trinajstić information content (AvgIpc) is 3.68. The highest BCUT2D eigenvalue weighted by atomic mass is 16.6. The van der Waals surface area contributed by atoms with Gasteiger partial charge >= 0.3 is 5.97 Å². The fourth-order valence-corrected chi connectivity index (χ4v) is 10.8. The molecule has 14 heteroatoms. The van der Waals surface area contributed by atoms with Gasteiger partial charge in [0.25, 0.3) is 0 Å². The molecular formula is C42H62O14. The summed E-state index contributed by atoms with van der Waals surface area (Å²) in [7, 11) is 0. The molecule has 0 spiro atoms. The molecule has 0 aliphatic carbocycles. The summed E-state index contributed by atoms with van der Waals surface area (Å²) >= 11 is 0. The van der Waals surface area contributed by atoms with E-state index in [0.29, 0.717) is 38.5 Å². The van der Waals surface area contributed by atoms with Crippen molar-refractivity contribution in [3.63, 3.8) is 0 Å². The van der Waals surface area contributed by atoms with Crippen LogP contribution in [0, 0.1) is 11.8 Å². The fraction of sp³-hybridized carbons (Fsp3) is 0.857. The topological polar surface area (TPSA) is 189 Å². The monoisotopic (exact) mass is 790 g/mol. The standard InChI is InChI=1S/C42H62O14/c1-19-13-25-7-9-28-20(2)14-24(49-28)6-5-23(44)15-32-36(47)41-42(55-32)37(48)40-30(54-41)10-8-26(51-40)16-35(46)56-39-22(4)38-33(17-27(45)29(53-38)11-12-43)52-34(39)18-31(50-25)21(19)3/h19,22,24-34,36-43,45,47-48H,2-3,5-18H2,1,4H3/t19?,22-,24?,25?,26?,27?,28-,29?,30?,31?,32?,33-,34?,36-,37?,38-,39?,40-,41-,42?/m0/s1. The van der Waals surface area contributed by atoms with E-state index in [1.165, 1.54) is 0 Å². The van der Waals surface area contributed by atoms with Gasteiger partial charge in [0.15, 0.2) is 0 Å². The molecule has 8 rings (SSSR count). The van der Waals surface area contributed by atoms with E-state index in [9.17, 15) is 30.0 Å². The molecule has 14 nitrogen and oxygen atoms in total. The highest BCUT2D eigenvalue weighted by molar-refractivity contribution is 5.79. The van der Waals surface area contributed by atoms with Crippen LogP contribution in [0.1, 0.15) is 97.3 Å². The molecule has 8 heterocycles. The molecule has 4 N–H and O–H groups in total. The molecule has 8 fully saturated rings.